The van der Waals surface area contributed by atoms with Crippen molar-refractivity contribution in [1.29, 1.82) is 0 Å². The van der Waals surface area contributed by atoms with Crippen molar-refractivity contribution >= 4 is 15.8 Å². The molecule has 1 aromatic heterocycles. The standard InChI is InChI=1S/C14H23N3O3S/c1-2-15-14-8-7-13(11-16-14)21(19,20)17-9-3-5-12(17)6-4-10-18/h7-8,11-12,18H,2-6,9-10H2,1H3,(H,15,16). The molecule has 1 aliphatic heterocycles. The molecule has 0 radical (unpaired) electrons. The van der Waals surface area contributed by atoms with Crippen LogP contribution in [0.25, 0.3) is 0 Å². The van der Waals surface area contributed by atoms with E-state index in [-0.39, 0.29) is 17.5 Å². The first-order valence-corrected chi connectivity index (χ1v) is 8.86. The Bertz CT molecular complexity index is 545. The van der Waals surface area contributed by atoms with E-state index in [0.29, 0.717) is 25.2 Å². The molecule has 0 bridgehead atoms. The molecule has 0 amide bonds. The normalized spacial score (nSPS) is 19.8. The van der Waals surface area contributed by atoms with Gasteiger partial charge in [0, 0.05) is 31.9 Å². The largest absolute Gasteiger partial charge is 0.396 e. The Hall–Kier alpha value is -1.18. The van der Waals surface area contributed by atoms with E-state index in [4.69, 9.17) is 5.11 Å². The lowest BCUT2D eigenvalue weighted by Gasteiger charge is -2.23. The fourth-order valence-corrected chi connectivity index (χ4v) is 4.36. The molecule has 0 saturated carbocycles. The van der Waals surface area contributed by atoms with E-state index in [9.17, 15) is 8.42 Å². The first-order valence-electron chi connectivity index (χ1n) is 7.42. The molecule has 0 spiro atoms. The smallest absolute Gasteiger partial charge is 0.244 e. The minimum absolute atomic E-state index is 0.00408. The Morgan fingerprint density at radius 1 is 1.48 bits per heavy atom. The highest BCUT2D eigenvalue weighted by atomic mass is 32.2. The molecule has 118 valence electrons. The van der Waals surface area contributed by atoms with Crippen LogP contribution in [0.1, 0.15) is 32.6 Å². The molecule has 1 aliphatic rings. The first kappa shape index (κ1) is 16.2. The minimum Gasteiger partial charge on any atom is -0.396 e. The number of pyridine rings is 1. The van der Waals surface area contributed by atoms with Gasteiger partial charge >= 0.3 is 0 Å². The quantitative estimate of drug-likeness (QED) is 0.796. The van der Waals surface area contributed by atoms with Crippen molar-refractivity contribution in [2.24, 2.45) is 0 Å². The van der Waals surface area contributed by atoms with E-state index in [0.717, 1.165) is 19.4 Å². The van der Waals surface area contributed by atoms with E-state index >= 15 is 0 Å². The fraction of sp³-hybridized carbons (Fsp3) is 0.643. The highest BCUT2D eigenvalue weighted by molar-refractivity contribution is 7.89. The van der Waals surface area contributed by atoms with Crippen LogP contribution >= 0.6 is 0 Å². The van der Waals surface area contributed by atoms with Crippen LogP contribution in [0.5, 0.6) is 0 Å². The number of nitrogens with one attached hydrogen (secondary N) is 1. The van der Waals surface area contributed by atoms with Gasteiger partial charge in [0.25, 0.3) is 0 Å². The lowest BCUT2D eigenvalue weighted by atomic mass is 10.1. The van der Waals surface area contributed by atoms with Crippen LogP contribution in [0.15, 0.2) is 23.2 Å². The van der Waals surface area contributed by atoms with Crippen LogP contribution in [0, 0.1) is 0 Å². The Kier molecular flexibility index (Phi) is 5.55. The number of nitrogens with zero attached hydrogens (tertiary/aromatic N) is 2. The minimum atomic E-state index is -3.49. The van der Waals surface area contributed by atoms with Gasteiger partial charge in [-0.25, -0.2) is 13.4 Å². The lowest BCUT2D eigenvalue weighted by molar-refractivity contribution is 0.264. The summed E-state index contributed by atoms with van der Waals surface area (Å²) in [7, 11) is -3.49. The summed E-state index contributed by atoms with van der Waals surface area (Å²) in [4.78, 5) is 4.37. The van der Waals surface area contributed by atoms with Gasteiger partial charge < -0.3 is 10.4 Å². The average Bonchev–Trinajstić information content (AvgIpc) is 2.95. The topological polar surface area (TPSA) is 82.5 Å². The number of hydrogen-bond donors (Lipinski definition) is 2. The molecular formula is C14H23N3O3S. The molecule has 2 rings (SSSR count). The van der Waals surface area contributed by atoms with E-state index in [1.165, 1.54) is 6.20 Å². The molecule has 1 unspecified atom stereocenters. The van der Waals surface area contributed by atoms with Gasteiger partial charge in [-0.2, -0.15) is 4.31 Å². The molecule has 1 aromatic rings. The van der Waals surface area contributed by atoms with Gasteiger partial charge in [0.15, 0.2) is 0 Å². The Labute approximate surface area is 126 Å². The molecule has 1 saturated heterocycles. The maximum absolute atomic E-state index is 12.7. The number of sulfonamides is 1. The monoisotopic (exact) mass is 313 g/mol. The van der Waals surface area contributed by atoms with Crippen molar-refractivity contribution in [1.82, 2.24) is 9.29 Å². The highest BCUT2D eigenvalue weighted by Gasteiger charge is 2.34. The second kappa shape index (κ2) is 7.20. The Morgan fingerprint density at radius 2 is 2.29 bits per heavy atom. The summed E-state index contributed by atoms with van der Waals surface area (Å²) in [6.45, 7) is 3.35. The summed E-state index contributed by atoms with van der Waals surface area (Å²) in [5, 5.41) is 12.0. The summed E-state index contributed by atoms with van der Waals surface area (Å²) in [5.41, 5.74) is 0. The van der Waals surface area contributed by atoms with Gasteiger partial charge in [-0.05, 0) is 44.7 Å². The van der Waals surface area contributed by atoms with Crippen LogP contribution in [-0.2, 0) is 10.0 Å². The predicted molar refractivity (Wildman–Crippen MR) is 81.6 cm³/mol. The van der Waals surface area contributed by atoms with Crippen molar-refractivity contribution in [3.8, 4) is 0 Å². The molecular weight excluding hydrogens is 290 g/mol. The molecule has 1 atom stereocenters. The van der Waals surface area contributed by atoms with Crippen molar-refractivity contribution in [3.63, 3.8) is 0 Å². The molecule has 1 fully saturated rings. The van der Waals surface area contributed by atoms with Gasteiger partial charge in [-0.1, -0.05) is 0 Å². The molecule has 6 nitrogen and oxygen atoms in total. The number of aliphatic hydroxyl groups excluding tert-OH is 1. The van der Waals surface area contributed by atoms with E-state index < -0.39 is 10.0 Å². The zero-order valence-corrected chi connectivity index (χ0v) is 13.1. The summed E-state index contributed by atoms with van der Waals surface area (Å²) in [6, 6.07) is 3.28. The molecule has 0 aromatic carbocycles. The Balaban J connectivity index is 2.16. The molecule has 21 heavy (non-hydrogen) atoms. The van der Waals surface area contributed by atoms with Gasteiger partial charge in [-0.15, -0.1) is 0 Å². The van der Waals surface area contributed by atoms with Crippen LogP contribution in [0.3, 0.4) is 0 Å². The van der Waals surface area contributed by atoms with Crippen LogP contribution < -0.4 is 5.32 Å². The van der Waals surface area contributed by atoms with E-state index in [1.807, 2.05) is 6.92 Å². The van der Waals surface area contributed by atoms with Crippen molar-refractivity contribution in [3.05, 3.63) is 18.3 Å². The van der Waals surface area contributed by atoms with Gasteiger partial charge in [0.2, 0.25) is 10.0 Å². The predicted octanol–water partition coefficient (Wildman–Crippen LogP) is 1.44. The lowest BCUT2D eigenvalue weighted by Crippen LogP contribution is -2.35. The van der Waals surface area contributed by atoms with E-state index in [2.05, 4.69) is 10.3 Å². The van der Waals surface area contributed by atoms with Crippen molar-refractivity contribution < 1.29 is 13.5 Å². The molecule has 0 aliphatic carbocycles. The fourth-order valence-electron chi connectivity index (χ4n) is 2.69. The third-order valence-corrected chi connectivity index (χ3v) is 5.65. The summed E-state index contributed by atoms with van der Waals surface area (Å²) in [5.74, 6) is 0.676. The third-order valence-electron chi connectivity index (χ3n) is 3.72. The second-order valence-corrected chi connectivity index (χ2v) is 7.08. The van der Waals surface area contributed by atoms with Crippen molar-refractivity contribution in [2.75, 3.05) is 25.0 Å². The molecule has 2 heterocycles. The SMILES string of the molecule is CCNc1ccc(S(=O)(=O)N2CCCC2CCCO)cn1. The van der Waals surface area contributed by atoms with Gasteiger partial charge in [0.05, 0.1) is 0 Å². The Morgan fingerprint density at radius 3 is 2.90 bits per heavy atom. The zero-order chi connectivity index (χ0) is 15.3. The first-order chi connectivity index (χ1) is 10.1. The number of aliphatic hydroxyl groups is 1. The number of aromatic nitrogens is 1. The van der Waals surface area contributed by atoms with Gasteiger partial charge in [-0.3, -0.25) is 0 Å². The summed E-state index contributed by atoms with van der Waals surface area (Å²) < 4.78 is 26.9. The van der Waals surface area contributed by atoms with Crippen LogP contribution in [0.4, 0.5) is 5.82 Å². The maximum Gasteiger partial charge on any atom is 0.244 e. The van der Waals surface area contributed by atoms with Crippen LogP contribution in [0.2, 0.25) is 0 Å². The molecule has 7 heteroatoms. The van der Waals surface area contributed by atoms with Crippen molar-refractivity contribution in [2.45, 2.75) is 43.5 Å². The number of anilines is 1. The number of rotatable bonds is 7. The van der Waals surface area contributed by atoms with Crippen LogP contribution in [-0.4, -0.2) is 48.6 Å². The molecule has 2 N–H and O–H groups in total. The second-order valence-electron chi connectivity index (χ2n) is 5.19. The average molecular weight is 313 g/mol. The maximum atomic E-state index is 12.7. The zero-order valence-electron chi connectivity index (χ0n) is 12.3. The summed E-state index contributed by atoms with van der Waals surface area (Å²) >= 11 is 0. The third kappa shape index (κ3) is 3.72. The van der Waals surface area contributed by atoms with E-state index in [1.54, 1.807) is 16.4 Å². The number of hydrogen-bond acceptors (Lipinski definition) is 5. The van der Waals surface area contributed by atoms with Gasteiger partial charge in [0.1, 0.15) is 10.7 Å². The summed E-state index contributed by atoms with van der Waals surface area (Å²) in [6.07, 6.45) is 4.49. The highest BCUT2D eigenvalue weighted by Crippen LogP contribution is 2.28.